The number of carboxylic acid groups (broad SMARTS) is 1. The molecular formula is C102H117Cl2N27O10S2. The molecule has 0 atom stereocenters. The number of hydrogen-bond acceptors (Lipinski definition) is 25. The lowest BCUT2D eigenvalue weighted by Gasteiger charge is -2.16. The maximum atomic E-state index is 9.22. The van der Waals surface area contributed by atoms with Gasteiger partial charge in [-0.1, -0.05) is 74.1 Å². The van der Waals surface area contributed by atoms with Gasteiger partial charge in [-0.05, 0) is 270 Å². The van der Waals surface area contributed by atoms with Crippen LogP contribution in [0, 0.1) is 13.8 Å². The van der Waals surface area contributed by atoms with Crippen LogP contribution in [0.4, 0.5) is 98.0 Å². The highest BCUT2D eigenvalue weighted by Gasteiger charge is 2.22. The van der Waals surface area contributed by atoms with Crippen LogP contribution in [0.25, 0.3) is 33.4 Å². The lowest BCUT2D eigenvalue weighted by Crippen LogP contribution is -3.00. The van der Waals surface area contributed by atoms with Crippen molar-refractivity contribution in [3.8, 4) is 11.4 Å². The third-order valence-electron chi connectivity index (χ3n) is 22.0. The van der Waals surface area contributed by atoms with E-state index in [1.807, 2.05) is 316 Å². The van der Waals surface area contributed by atoms with E-state index in [1.165, 1.54) is 46.7 Å². The number of hydrogen-bond donors (Lipinski definition) is 3. The number of halogens is 2. The van der Waals surface area contributed by atoms with Crippen molar-refractivity contribution in [3.05, 3.63) is 339 Å². The fourth-order valence-corrected chi connectivity index (χ4v) is 14.5. The molecule has 0 aliphatic carbocycles. The van der Waals surface area contributed by atoms with Crippen LogP contribution in [0.15, 0.2) is 368 Å². The number of azo groups is 5. The van der Waals surface area contributed by atoms with Crippen LogP contribution in [-0.4, -0.2) is 105 Å². The van der Waals surface area contributed by atoms with Crippen molar-refractivity contribution in [1.29, 1.82) is 0 Å². The molecule has 0 saturated carbocycles. The van der Waals surface area contributed by atoms with Crippen LogP contribution >= 0.6 is 0 Å². The van der Waals surface area contributed by atoms with Crippen LogP contribution in [0.5, 0.6) is 0 Å². The van der Waals surface area contributed by atoms with Crippen LogP contribution < -0.4 is 78.9 Å². The molecule has 1 saturated heterocycles. The van der Waals surface area contributed by atoms with Gasteiger partial charge in [-0.2, -0.15) is 0 Å². The summed E-state index contributed by atoms with van der Waals surface area (Å²) in [4.78, 5) is 13.4. The van der Waals surface area contributed by atoms with Gasteiger partial charge in [-0.25, -0.2) is 62.5 Å². The van der Waals surface area contributed by atoms with Gasteiger partial charge in [-0.15, -0.1) is 0 Å². The first-order valence-electron chi connectivity index (χ1n) is 44.5. The van der Waals surface area contributed by atoms with Crippen LogP contribution in [-0.2, 0) is 111 Å². The Bertz CT molecular complexity index is 7180. The molecule has 1 aliphatic rings. The topological polar surface area (TPSA) is 407 Å². The van der Waals surface area contributed by atoms with Crippen molar-refractivity contribution in [3.63, 3.8) is 0 Å². The molecule has 1 aliphatic heterocycles. The fraction of sp³-hybridized carbons (Fsp3) is 0.216. The average molecular weight is 2020 g/mol. The monoisotopic (exact) mass is 2010 g/mol. The van der Waals surface area contributed by atoms with Gasteiger partial charge in [0.05, 0.1) is 122 Å². The minimum absolute atomic E-state index is 0. The lowest BCUT2D eigenvalue weighted by atomic mass is 10.0. The molecule has 4 N–H and O–H groups in total. The van der Waals surface area contributed by atoms with E-state index >= 15 is 0 Å². The molecule has 7 aromatic heterocycles. The van der Waals surface area contributed by atoms with Gasteiger partial charge in [-0.3, -0.25) is 8.37 Å². The third-order valence-corrected chi connectivity index (χ3v) is 22.8. The van der Waals surface area contributed by atoms with Crippen molar-refractivity contribution in [2.24, 2.45) is 122 Å². The predicted octanol–water partition coefficient (Wildman–Crippen LogP) is 12.1. The summed E-state index contributed by atoms with van der Waals surface area (Å²) in [6.07, 6.45) is 19.2. The summed E-state index contributed by atoms with van der Waals surface area (Å²) >= 11 is 0. The smallest absolute Gasteiger partial charge is 0.422 e. The Hall–Kier alpha value is -15.9. The molecule has 17 aromatic rings. The van der Waals surface area contributed by atoms with Gasteiger partial charge in [0.2, 0.25) is 20.8 Å². The second-order valence-corrected chi connectivity index (χ2v) is 34.9. The van der Waals surface area contributed by atoms with Crippen LogP contribution in [0.2, 0.25) is 0 Å². The molecule has 8 heterocycles. The molecule has 143 heavy (non-hydrogen) atoms. The molecule has 18 rings (SSSR count). The number of carbonyl (C=O) groups excluding carboxylic acids is 1. The first-order valence-corrected chi connectivity index (χ1v) is 47.1. The molecule has 37 nitrogen and oxygen atoms in total. The maximum Gasteiger partial charge on any atom is 0.422 e. The molecule has 0 spiro atoms. The fourth-order valence-electron chi connectivity index (χ4n) is 14.5. The summed E-state index contributed by atoms with van der Waals surface area (Å²) in [6, 6.07) is 89.9. The SMILES string of the molecule is CC(=O)[O-].CN(C)c1ccc(N=Nc2n(C)c3ccccc3[n+]2C)cc1.COS(=O)(=O)[O-].COS(=O)(=O)[O-].Cc1ccc(C)n1-c1ccc(Nc2ccc(N=Nc3n(C)cc[n+]3C)cc2)cc1.Cn1c(N=Nc2ccc(N3CCCC3)cc2)[n+](C)c2ccccc21.Cn1cc[n+](C)c1N=Nc1ccc(Cc2ccc(N)cc2)cc1.Cn1cc[n+](C)c1N=Nc1ccc(Nc2ccc(-n3cccc3)cc2)cc1.[Cl-].[Cl-]. The van der Waals surface area contributed by atoms with E-state index in [4.69, 9.17) is 15.6 Å². The number of aryl methyl sites for hydroxylation is 12. The first-order chi connectivity index (χ1) is 67.5. The van der Waals surface area contributed by atoms with Gasteiger partial charge in [0, 0.05) is 134 Å². The lowest BCUT2D eigenvalue weighted by molar-refractivity contribution is -0.657. The molecule has 0 amide bonds. The van der Waals surface area contributed by atoms with Gasteiger partial charge in [0.15, 0.2) is 0 Å². The van der Waals surface area contributed by atoms with Gasteiger partial charge < -0.3 is 79.1 Å². The van der Waals surface area contributed by atoms with Gasteiger partial charge in [0.1, 0.15) is 50.5 Å². The van der Waals surface area contributed by atoms with Crippen LogP contribution in [0.3, 0.4) is 0 Å². The molecule has 0 bridgehead atoms. The van der Waals surface area contributed by atoms with E-state index in [1.54, 1.807) is 0 Å². The number of aromatic nitrogens is 12. The zero-order valence-electron chi connectivity index (χ0n) is 82.5. The van der Waals surface area contributed by atoms with Crippen molar-refractivity contribution < 1.29 is 91.9 Å². The van der Waals surface area contributed by atoms with Crippen molar-refractivity contribution in [2.45, 2.75) is 40.0 Å². The molecule has 10 aromatic carbocycles. The zero-order chi connectivity index (χ0) is 101. The Labute approximate surface area is 844 Å². The molecule has 0 radical (unpaired) electrons. The van der Waals surface area contributed by atoms with Crippen molar-refractivity contribution >= 4 is 147 Å². The Balaban J connectivity index is 0.000000191. The highest BCUT2D eigenvalue weighted by atomic mass is 35.5. The summed E-state index contributed by atoms with van der Waals surface area (Å²) in [5, 5.41) is 59.3. The second-order valence-electron chi connectivity index (χ2n) is 32.6. The van der Waals surface area contributed by atoms with Crippen LogP contribution in [0.1, 0.15) is 42.3 Å². The van der Waals surface area contributed by atoms with Gasteiger partial charge in [0.25, 0.3) is 0 Å². The summed E-state index contributed by atoms with van der Waals surface area (Å²) in [5.41, 5.74) is 29.0. The highest BCUT2D eigenvalue weighted by molar-refractivity contribution is 7.81. The zero-order valence-corrected chi connectivity index (χ0v) is 85.7. The number of rotatable bonds is 22. The average Bonchev–Trinajstić information content (AvgIpc) is 1.64. The number of anilines is 7. The molecule has 0 unspecified atom stereocenters. The van der Waals surface area contributed by atoms with Crippen molar-refractivity contribution in [2.75, 3.05) is 67.6 Å². The number of nitrogens with zero attached hydrogens (tertiary/aromatic N) is 24. The Morgan fingerprint density at radius 1 is 0.406 bits per heavy atom. The Kier molecular flexibility index (Phi) is 41.0. The largest absolute Gasteiger partial charge is 1.00 e. The van der Waals surface area contributed by atoms with E-state index in [0.29, 0.717) is 0 Å². The normalized spacial score (nSPS) is 11.6. The number of imidazole rings is 5. The predicted molar refractivity (Wildman–Crippen MR) is 542 cm³/mol. The van der Waals surface area contributed by atoms with E-state index in [-0.39, 0.29) is 24.8 Å². The number of carboxylic acids is 1. The van der Waals surface area contributed by atoms with Crippen molar-refractivity contribution in [1.82, 2.24) is 32.0 Å². The second kappa shape index (κ2) is 52.9. The summed E-state index contributed by atoms with van der Waals surface area (Å²) in [6.45, 7) is 7.53. The Morgan fingerprint density at radius 2 is 0.699 bits per heavy atom. The number of benzene rings is 10. The standard InChI is InChI=1S/C23H24N6.C21H20N6.C19H22N5.C18H20N5.C17H20N5.C2H4O2.2CH4O4S.2ClH/c1-17-5-6-18(2)29(17)22-13-11-20(12-14-22)24-19-7-9-21(10-8-19)25-26-23-27(3)15-16-28(23)4;1-25-15-16-26(2)21(25)24-23-19-7-5-17(6-8-19)22-18-9-11-20(12-10-18)27-13-3-4-14-27;1-22-17-7-3-4-8-18(17)23(2)19(22)21-20-15-9-11-16(12-10-15)24-13-5-6-14-24;1-22-11-12-23(2)18(22)21-20-17-9-5-15(6-10-17)13-14-3-7-16(19)8-4-14;1-20(2)14-11-9-13(10-12-14)18-19-17-21(3)15-7-5-6-8-16(15)22(17)4;1-2(3)4;2*1-5-6(2,3)4;;/h5-16H,1-4H3;3-16H,1-2H3;3-4,7-12H,5-6,13-14H2,1-2H3;3-12H,13,19H2,1-2H3;5-12H,1-4H3;1H3,(H,3,4);2*1H3,(H,2,3,4);2*1H/q;;3*+1;;;;;/p-3. The van der Waals surface area contributed by atoms with E-state index in [2.05, 4.69) is 233 Å². The summed E-state index contributed by atoms with van der Waals surface area (Å²) in [7, 11) is 16.6. The highest BCUT2D eigenvalue weighted by Crippen LogP contribution is 2.31. The number of nitrogens with two attached hydrogens (primary N) is 1. The minimum atomic E-state index is -4.41. The number of carbonyl (C=O) groups is 1. The number of nitrogens with one attached hydrogen (secondary N) is 2. The molecule has 41 heteroatoms. The maximum absolute atomic E-state index is 9.22. The number of fused-ring (bicyclic) bond motifs is 2. The molecule has 746 valence electrons. The molecule has 1 fully saturated rings. The quantitative estimate of drug-likeness (QED) is 0.0187. The minimum Gasteiger partial charge on any atom is -1.00 e. The summed E-state index contributed by atoms with van der Waals surface area (Å²) in [5.74, 6) is 2.95. The Morgan fingerprint density at radius 3 is 1.02 bits per heavy atom. The third kappa shape index (κ3) is 32.9. The summed E-state index contributed by atoms with van der Waals surface area (Å²) < 4.78 is 86.2. The van der Waals surface area contributed by atoms with E-state index < -0.39 is 26.8 Å². The van der Waals surface area contributed by atoms with E-state index in [0.717, 1.165) is 161 Å². The first kappa shape index (κ1) is 111. The number of aliphatic carboxylic acids is 1. The van der Waals surface area contributed by atoms with E-state index in [9.17, 15) is 25.9 Å². The number of para-hydroxylation sites is 4. The van der Waals surface area contributed by atoms with Gasteiger partial charge >= 0.3 is 29.7 Å². The number of nitrogen functional groups attached to an aromatic ring is 1. The molecular weight excluding hydrogens is 1900 g/mol.